The first-order valence-electron chi connectivity index (χ1n) is 15.0. The van der Waals surface area contributed by atoms with Crippen LogP contribution in [0.1, 0.15) is 47.1 Å². The Morgan fingerprint density at radius 2 is 1.68 bits per heavy atom. The zero-order valence-corrected chi connectivity index (χ0v) is 26.4. The van der Waals surface area contributed by atoms with Crippen LogP contribution in [-0.4, -0.2) is 100 Å². The fraction of sp³-hybridized carbons (Fsp3) is 0.406. The van der Waals surface area contributed by atoms with Gasteiger partial charge in [-0.3, -0.25) is 9.59 Å². The van der Waals surface area contributed by atoms with Gasteiger partial charge < -0.3 is 24.8 Å². The molecule has 0 unspecified atom stereocenters. The van der Waals surface area contributed by atoms with Gasteiger partial charge in [0.05, 0.1) is 24.7 Å². The largest absolute Gasteiger partial charge is 0.494 e. The first-order chi connectivity index (χ1) is 21.0. The molecule has 1 fully saturated rings. The van der Waals surface area contributed by atoms with Gasteiger partial charge in [-0.15, -0.1) is 12.4 Å². The number of nitrogens with zero attached hydrogens (tertiary/aromatic N) is 7. The molecule has 44 heavy (non-hydrogen) atoms. The number of anilines is 1. The second-order valence-corrected chi connectivity index (χ2v) is 10.5. The number of halogens is 1. The molecule has 0 radical (unpaired) electrons. The summed E-state index contributed by atoms with van der Waals surface area (Å²) in [6.07, 6.45) is 3.39. The Bertz CT molecular complexity index is 1530. The Balaban J connectivity index is 0.00000442. The van der Waals surface area contributed by atoms with Crippen molar-refractivity contribution in [1.82, 2.24) is 34.9 Å². The molecule has 1 N–H and O–H groups in total. The van der Waals surface area contributed by atoms with Crippen LogP contribution in [0.25, 0.3) is 11.0 Å². The van der Waals surface area contributed by atoms with Crippen molar-refractivity contribution in [2.75, 3.05) is 63.9 Å². The van der Waals surface area contributed by atoms with E-state index in [2.05, 4.69) is 44.0 Å². The Labute approximate surface area is 264 Å². The fourth-order valence-electron chi connectivity index (χ4n) is 5.36. The number of nitrogens with one attached hydrogen (secondary N) is 1. The molecule has 0 saturated carbocycles. The van der Waals surface area contributed by atoms with E-state index in [-0.39, 0.29) is 24.2 Å². The number of ether oxygens (including phenoxy) is 1. The molecule has 2 amide bonds. The molecular formula is C32H41ClN8O3. The van der Waals surface area contributed by atoms with Gasteiger partial charge in [0.2, 0.25) is 0 Å². The Morgan fingerprint density at radius 1 is 0.955 bits per heavy atom. The van der Waals surface area contributed by atoms with E-state index in [1.165, 1.54) is 0 Å². The number of carbonyl (C=O) groups is 2. The molecule has 0 aliphatic carbocycles. The van der Waals surface area contributed by atoms with E-state index >= 15 is 0 Å². The lowest BCUT2D eigenvalue weighted by atomic mass is 10.1. The minimum atomic E-state index is -0.127. The molecule has 11 nitrogen and oxygen atoms in total. The van der Waals surface area contributed by atoms with Crippen LogP contribution in [0, 0.1) is 0 Å². The molecule has 2 aromatic heterocycles. The fourth-order valence-corrected chi connectivity index (χ4v) is 5.36. The van der Waals surface area contributed by atoms with Crippen molar-refractivity contribution >= 4 is 41.1 Å². The maximum Gasteiger partial charge on any atom is 0.253 e. The molecule has 0 spiro atoms. The van der Waals surface area contributed by atoms with Crippen LogP contribution < -0.4 is 15.0 Å². The number of benzene rings is 2. The maximum atomic E-state index is 13.2. The first kappa shape index (κ1) is 32.7. The summed E-state index contributed by atoms with van der Waals surface area (Å²) in [7, 11) is 0. The van der Waals surface area contributed by atoms with Gasteiger partial charge in [0.25, 0.3) is 11.8 Å². The summed E-state index contributed by atoms with van der Waals surface area (Å²) in [6.45, 7) is 13.1. The van der Waals surface area contributed by atoms with Crippen LogP contribution in [-0.2, 0) is 6.54 Å². The third-order valence-corrected chi connectivity index (χ3v) is 7.82. The molecule has 4 aromatic rings. The van der Waals surface area contributed by atoms with E-state index in [0.717, 1.165) is 47.8 Å². The van der Waals surface area contributed by atoms with E-state index in [1.54, 1.807) is 30.6 Å². The van der Waals surface area contributed by atoms with Gasteiger partial charge in [0.15, 0.2) is 5.65 Å². The van der Waals surface area contributed by atoms with E-state index in [1.807, 2.05) is 47.0 Å². The second-order valence-electron chi connectivity index (χ2n) is 10.5. The topological polar surface area (TPSA) is 109 Å². The number of hydrogen-bond acceptors (Lipinski definition) is 8. The summed E-state index contributed by atoms with van der Waals surface area (Å²) in [6, 6.07) is 14.9. The number of rotatable bonds is 12. The third-order valence-electron chi connectivity index (χ3n) is 7.82. The maximum absolute atomic E-state index is 13.2. The van der Waals surface area contributed by atoms with E-state index in [4.69, 9.17) is 4.74 Å². The lowest BCUT2D eigenvalue weighted by Gasteiger charge is -2.35. The van der Waals surface area contributed by atoms with E-state index in [9.17, 15) is 9.59 Å². The molecule has 3 heterocycles. The number of piperazine rings is 1. The van der Waals surface area contributed by atoms with Crippen molar-refractivity contribution in [3.8, 4) is 5.75 Å². The van der Waals surface area contributed by atoms with Crippen LogP contribution >= 0.6 is 12.4 Å². The van der Waals surface area contributed by atoms with E-state index in [0.29, 0.717) is 57.0 Å². The van der Waals surface area contributed by atoms with Gasteiger partial charge in [0.1, 0.15) is 17.9 Å². The summed E-state index contributed by atoms with van der Waals surface area (Å²) >= 11 is 0. The van der Waals surface area contributed by atoms with Crippen molar-refractivity contribution in [2.24, 2.45) is 0 Å². The minimum absolute atomic E-state index is 0. The molecular weight excluding hydrogens is 580 g/mol. The summed E-state index contributed by atoms with van der Waals surface area (Å²) in [5.74, 6) is 1.49. The third kappa shape index (κ3) is 7.64. The first-order valence-corrected chi connectivity index (χ1v) is 15.0. The molecule has 12 heteroatoms. The lowest BCUT2D eigenvalue weighted by Crippen LogP contribution is -2.49. The van der Waals surface area contributed by atoms with Gasteiger partial charge in [-0.1, -0.05) is 26.0 Å². The van der Waals surface area contributed by atoms with Gasteiger partial charge in [-0.2, -0.15) is 5.10 Å². The van der Waals surface area contributed by atoms with E-state index < -0.39 is 0 Å². The number of hydrogen-bond donors (Lipinski definition) is 1. The standard InChI is InChI=1S/C32H40N8O3.ClH/c1-4-37(5-2)15-14-33-31(41)25-10-12-26(13-11-25)32(42)39-18-16-38(17-19-39)29-28-21-36-40(30(28)35-23-34-29)22-24-8-7-9-27(20-24)43-6-3;/h7-13,20-21,23H,4-6,14-19,22H2,1-3H3,(H,33,41);1H. The smallest absolute Gasteiger partial charge is 0.253 e. The highest BCUT2D eigenvalue weighted by Crippen LogP contribution is 2.25. The monoisotopic (exact) mass is 620 g/mol. The van der Waals surface area contributed by atoms with Crippen molar-refractivity contribution in [3.05, 3.63) is 77.7 Å². The number of likely N-dealkylation sites (N-methyl/N-ethyl adjacent to an activating group) is 1. The van der Waals surface area contributed by atoms with Crippen molar-refractivity contribution < 1.29 is 14.3 Å². The molecule has 0 bridgehead atoms. The number of aromatic nitrogens is 4. The van der Waals surface area contributed by atoms with Crippen LogP contribution in [0.3, 0.4) is 0 Å². The molecule has 0 atom stereocenters. The molecule has 1 aliphatic rings. The molecule has 1 saturated heterocycles. The number of amides is 2. The molecule has 1 aliphatic heterocycles. The predicted molar refractivity (Wildman–Crippen MR) is 174 cm³/mol. The lowest BCUT2D eigenvalue weighted by molar-refractivity contribution is 0.0746. The summed E-state index contributed by atoms with van der Waals surface area (Å²) in [5, 5.41) is 8.45. The zero-order chi connectivity index (χ0) is 30.2. The van der Waals surface area contributed by atoms with Gasteiger partial charge in [-0.05, 0) is 62.0 Å². The molecule has 5 rings (SSSR count). The average Bonchev–Trinajstić information content (AvgIpc) is 3.46. The highest BCUT2D eigenvalue weighted by Gasteiger charge is 2.25. The SMILES string of the molecule is CCOc1cccc(Cn2ncc3c(N4CCN(C(=O)c5ccc(C(=O)NCCN(CC)CC)cc5)CC4)ncnc32)c1.Cl. The highest BCUT2D eigenvalue weighted by molar-refractivity contribution is 5.98. The normalized spacial score (nSPS) is 13.2. The number of carbonyl (C=O) groups excluding carboxylic acids is 2. The zero-order valence-electron chi connectivity index (χ0n) is 25.6. The highest BCUT2D eigenvalue weighted by atomic mass is 35.5. The Morgan fingerprint density at radius 3 is 2.39 bits per heavy atom. The Hall–Kier alpha value is -4.22. The van der Waals surface area contributed by atoms with Gasteiger partial charge >= 0.3 is 0 Å². The minimum Gasteiger partial charge on any atom is -0.494 e. The van der Waals surface area contributed by atoms with Crippen molar-refractivity contribution in [3.63, 3.8) is 0 Å². The summed E-state index contributed by atoms with van der Waals surface area (Å²) in [4.78, 5) is 41.2. The van der Waals surface area contributed by atoms with Crippen LogP contribution in [0.4, 0.5) is 5.82 Å². The van der Waals surface area contributed by atoms with Gasteiger partial charge in [0, 0.05) is 50.4 Å². The number of fused-ring (bicyclic) bond motifs is 1. The van der Waals surface area contributed by atoms with Crippen LogP contribution in [0.15, 0.2) is 61.1 Å². The Kier molecular flexibility index (Phi) is 11.5. The van der Waals surface area contributed by atoms with Crippen LogP contribution in [0.5, 0.6) is 5.75 Å². The quantitative estimate of drug-likeness (QED) is 0.255. The second kappa shape index (κ2) is 15.5. The molecule has 234 valence electrons. The average molecular weight is 621 g/mol. The van der Waals surface area contributed by atoms with Crippen LogP contribution in [0.2, 0.25) is 0 Å². The summed E-state index contributed by atoms with van der Waals surface area (Å²) < 4.78 is 7.51. The predicted octanol–water partition coefficient (Wildman–Crippen LogP) is 3.73. The van der Waals surface area contributed by atoms with Gasteiger partial charge in [-0.25, -0.2) is 14.6 Å². The molecule has 2 aromatic carbocycles. The summed E-state index contributed by atoms with van der Waals surface area (Å²) in [5.41, 5.74) is 2.97. The van der Waals surface area contributed by atoms with Crippen molar-refractivity contribution in [1.29, 1.82) is 0 Å². The van der Waals surface area contributed by atoms with Crippen molar-refractivity contribution in [2.45, 2.75) is 27.3 Å².